The van der Waals surface area contributed by atoms with Gasteiger partial charge in [-0.25, -0.2) is 0 Å². The molecule has 0 bridgehead atoms. The molecule has 1 nitrogen and oxygen atoms in total. The number of hydrogen-bond acceptors (Lipinski definition) is 1. The number of nitrogens with one attached hydrogen (secondary N) is 1. The van der Waals surface area contributed by atoms with Crippen LogP contribution >= 0.6 is 0 Å². The summed E-state index contributed by atoms with van der Waals surface area (Å²) in [4.78, 5) is 0. The minimum absolute atomic E-state index is 1.45. The van der Waals surface area contributed by atoms with E-state index in [0.717, 1.165) is 0 Å². The van der Waals surface area contributed by atoms with Crippen molar-refractivity contribution < 1.29 is 20.3 Å². The predicted molar refractivity (Wildman–Crippen MR) is 40.5 cm³/mol. The Hall–Kier alpha value is 0.830. The molecule has 9 heavy (non-hydrogen) atoms. The Balaban J connectivity index is 3.82. The summed E-state index contributed by atoms with van der Waals surface area (Å²) in [7, 11) is 2.15. The van der Waals surface area contributed by atoms with Gasteiger partial charge in [0.05, 0.1) is 0 Å². The molecule has 0 atom stereocenters. The van der Waals surface area contributed by atoms with E-state index in [4.69, 9.17) is 0 Å². The van der Waals surface area contributed by atoms with Crippen LogP contribution in [-0.4, -0.2) is 7.05 Å². The van der Waals surface area contributed by atoms with Crippen molar-refractivity contribution in [1.82, 2.24) is 3.30 Å². The predicted octanol–water partition coefficient (Wildman–Crippen LogP) is 2.59. The van der Waals surface area contributed by atoms with Gasteiger partial charge >= 0.3 is 63.9 Å². The first kappa shape index (κ1) is 9.83. The molecule has 0 aromatic carbocycles. The zero-order valence-corrected chi connectivity index (χ0v) is 10.7. The van der Waals surface area contributed by atoms with Crippen molar-refractivity contribution in [2.45, 2.75) is 33.3 Å². The van der Waals surface area contributed by atoms with E-state index in [1.54, 1.807) is 0 Å². The van der Waals surface area contributed by atoms with Gasteiger partial charge in [-0.05, 0) is 0 Å². The fourth-order valence-corrected chi connectivity index (χ4v) is 10.5. The molecule has 0 aromatic rings. The third-order valence-electron chi connectivity index (χ3n) is 2.56. The van der Waals surface area contributed by atoms with Crippen molar-refractivity contribution in [2.75, 3.05) is 7.05 Å². The molecule has 0 aliphatic carbocycles. The van der Waals surface area contributed by atoms with Gasteiger partial charge in [-0.2, -0.15) is 0 Å². The summed E-state index contributed by atoms with van der Waals surface area (Å²) in [5.41, 5.74) is 0. The molecule has 1 N–H and O–H groups in total. The van der Waals surface area contributed by atoms with Crippen LogP contribution < -0.4 is 3.30 Å². The van der Waals surface area contributed by atoms with Crippen LogP contribution in [0.25, 0.3) is 0 Å². The standard InChI is InChI=1S/3C2H5.CH4N.Hf/c4*1-2;/h3*1H2,2H3;2H,1H3;/q;;;-1;+1. The second kappa shape index (κ2) is 4.62. The summed E-state index contributed by atoms with van der Waals surface area (Å²) in [6, 6.07) is 0. The van der Waals surface area contributed by atoms with Crippen LogP contribution in [-0.2, 0) is 20.3 Å². The monoisotopic (exact) mass is 297 g/mol. The molecule has 0 fully saturated rings. The van der Waals surface area contributed by atoms with Crippen LogP contribution in [0.3, 0.4) is 0 Å². The van der Waals surface area contributed by atoms with E-state index < -0.39 is 20.3 Å². The molecule has 0 aromatic heterocycles. The fourth-order valence-electron chi connectivity index (χ4n) is 1.28. The first-order chi connectivity index (χ1) is 4.24. The molecule has 0 saturated heterocycles. The normalized spacial score (nSPS) is 12.0. The van der Waals surface area contributed by atoms with E-state index >= 15 is 0 Å². The molecule has 0 aliphatic rings. The molecule has 2 heteroatoms. The SMILES string of the molecule is C[CH2][Hf]([CH2]C)([CH2]C)[NH]C. The Morgan fingerprint density at radius 3 is 1.33 bits per heavy atom. The van der Waals surface area contributed by atoms with Crippen molar-refractivity contribution in [3.63, 3.8) is 0 Å². The van der Waals surface area contributed by atoms with Crippen molar-refractivity contribution in [1.29, 1.82) is 0 Å². The Morgan fingerprint density at radius 2 is 1.33 bits per heavy atom. The van der Waals surface area contributed by atoms with Crippen LogP contribution in [0, 0.1) is 0 Å². The van der Waals surface area contributed by atoms with Gasteiger partial charge < -0.3 is 0 Å². The first-order valence-corrected chi connectivity index (χ1v) is 13.3. The van der Waals surface area contributed by atoms with Gasteiger partial charge in [0.25, 0.3) is 0 Å². The summed E-state index contributed by atoms with van der Waals surface area (Å²) in [6.45, 7) is 7.02. The molecule has 0 aliphatic heterocycles. The van der Waals surface area contributed by atoms with E-state index in [0.29, 0.717) is 0 Å². The third-order valence-corrected chi connectivity index (χ3v) is 21.0. The van der Waals surface area contributed by atoms with Crippen LogP contribution in [0.5, 0.6) is 0 Å². The molecular formula is C7H19HfN. The Labute approximate surface area is 63.9 Å². The second-order valence-electron chi connectivity index (χ2n) is 2.59. The van der Waals surface area contributed by atoms with Gasteiger partial charge in [0.1, 0.15) is 0 Å². The topological polar surface area (TPSA) is 12.0 Å². The Bertz CT molecular complexity index is 51.8. The molecule has 0 radical (unpaired) electrons. The quantitative estimate of drug-likeness (QED) is 0.786. The minimum atomic E-state index is -1.76. The summed E-state index contributed by atoms with van der Waals surface area (Å²) in [5, 5.41) is 0. The van der Waals surface area contributed by atoms with Crippen molar-refractivity contribution in [2.24, 2.45) is 0 Å². The van der Waals surface area contributed by atoms with E-state index in [2.05, 4.69) is 31.1 Å². The van der Waals surface area contributed by atoms with Gasteiger partial charge in [0.15, 0.2) is 0 Å². The average Bonchev–Trinajstić information content (AvgIpc) is 1.95. The van der Waals surface area contributed by atoms with Crippen LogP contribution in [0.15, 0.2) is 0 Å². The zero-order chi connectivity index (χ0) is 7.33. The summed E-state index contributed by atoms with van der Waals surface area (Å²) < 4.78 is 7.95. The van der Waals surface area contributed by atoms with Gasteiger partial charge in [-0.15, -0.1) is 0 Å². The summed E-state index contributed by atoms with van der Waals surface area (Å²) >= 11 is -1.76. The van der Waals surface area contributed by atoms with E-state index in [1.807, 2.05) is 0 Å². The van der Waals surface area contributed by atoms with E-state index in [1.165, 1.54) is 12.5 Å². The molecule has 0 saturated carbocycles. The van der Waals surface area contributed by atoms with Crippen LogP contribution in [0.4, 0.5) is 0 Å². The molecule has 0 unspecified atom stereocenters. The molecule has 0 amide bonds. The Kier molecular flexibility index (Phi) is 5.04. The van der Waals surface area contributed by atoms with Crippen LogP contribution in [0.2, 0.25) is 12.5 Å². The molecule has 56 valence electrons. The van der Waals surface area contributed by atoms with Gasteiger partial charge in [-0.3, -0.25) is 0 Å². The molecule has 0 rings (SSSR count). The third kappa shape index (κ3) is 2.50. The zero-order valence-electron chi connectivity index (χ0n) is 7.12. The van der Waals surface area contributed by atoms with Gasteiger partial charge in [0, 0.05) is 0 Å². The summed E-state index contributed by atoms with van der Waals surface area (Å²) in [5.74, 6) is 0. The first-order valence-electron chi connectivity index (χ1n) is 3.93. The van der Waals surface area contributed by atoms with Crippen molar-refractivity contribution in [3.8, 4) is 0 Å². The average molecular weight is 296 g/mol. The molecule has 0 spiro atoms. The molecular weight excluding hydrogens is 277 g/mol. The van der Waals surface area contributed by atoms with E-state index in [9.17, 15) is 0 Å². The second-order valence-corrected chi connectivity index (χ2v) is 21.2. The molecule has 0 heterocycles. The summed E-state index contributed by atoms with van der Waals surface area (Å²) in [6.07, 6.45) is 0. The fraction of sp³-hybridized carbons (Fsp3) is 1.00. The van der Waals surface area contributed by atoms with Gasteiger partial charge in [0.2, 0.25) is 0 Å². The number of rotatable bonds is 4. The maximum absolute atomic E-state index is 3.59. The maximum atomic E-state index is 3.59. The van der Waals surface area contributed by atoms with E-state index in [-0.39, 0.29) is 0 Å². The number of hydrogen-bond donors (Lipinski definition) is 1. The van der Waals surface area contributed by atoms with Crippen molar-refractivity contribution >= 4 is 0 Å². The van der Waals surface area contributed by atoms with Gasteiger partial charge in [-0.1, -0.05) is 0 Å². The Morgan fingerprint density at radius 1 is 1.00 bits per heavy atom. The van der Waals surface area contributed by atoms with Crippen LogP contribution in [0.1, 0.15) is 20.8 Å². The van der Waals surface area contributed by atoms with Crippen molar-refractivity contribution in [3.05, 3.63) is 0 Å².